The molecule has 19 heavy (non-hydrogen) atoms. The molecule has 5 nitrogen and oxygen atoms in total. The highest BCUT2D eigenvalue weighted by atomic mass is 16.5. The Morgan fingerprint density at radius 2 is 1.89 bits per heavy atom. The minimum Gasteiger partial charge on any atom is -0.379 e. The molecule has 0 aromatic carbocycles. The number of nitriles is 1. The maximum absolute atomic E-state index is 8.98. The lowest BCUT2D eigenvalue weighted by Gasteiger charge is -2.37. The first-order valence-corrected chi connectivity index (χ1v) is 6.92. The molecule has 1 fully saturated rings. The van der Waals surface area contributed by atoms with Crippen LogP contribution in [0.15, 0.2) is 4.99 Å². The quantitative estimate of drug-likeness (QED) is 0.365. The van der Waals surface area contributed by atoms with E-state index in [0.717, 1.165) is 32.1 Å². The van der Waals surface area contributed by atoms with Gasteiger partial charge in [0.2, 0.25) is 0 Å². The van der Waals surface area contributed by atoms with Crippen molar-refractivity contribution in [1.82, 2.24) is 10.2 Å². The molecular formula is C14H26N4O. The van der Waals surface area contributed by atoms with E-state index >= 15 is 0 Å². The van der Waals surface area contributed by atoms with E-state index in [-0.39, 0.29) is 11.6 Å². The first kappa shape index (κ1) is 15.9. The summed E-state index contributed by atoms with van der Waals surface area (Å²) in [5.41, 5.74) is -0.196. The largest absolute Gasteiger partial charge is 0.379 e. The summed E-state index contributed by atoms with van der Waals surface area (Å²) in [6.07, 6.45) is 2.03. The second kappa shape index (κ2) is 6.88. The molecular weight excluding hydrogens is 240 g/mol. The van der Waals surface area contributed by atoms with Gasteiger partial charge in [-0.25, -0.2) is 0 Å². The highest BCUT2D eigenvalue weighted by molar-refractivity contribution is 5.89. The minimum atomic E-state index is -0.196. The van der Waals surface area contributed by atoms with Gasteiger partial charge in [0.15, 0.2) is 6.19 Å². The zero-order valence-electron chi connectivity index (χ0n) is 12.7. The van der Waals surface area contributed by atoms with Crippen LogP contribution in [0.3, 0.4) is 0 Å². The van der Waals surface area contributed by atoms with Crippen LogP contribution in [0.4, 0.5) is 0 Å². The number of aliphatic imine (C=N–C) groups is 1. The van der Waals surface area contributed by atoms with Gasteiger partial charge in [-0.15, -0.1) is 0 Å². The summed E-state index contributed by atoms with van der Waals surface area (Å²) in [4.78, 5) is 7.05. The molecule has 1 atom stereocenters. The van der Waals surface area contributed by atoms with Gasteiger partial charge in [0.25, 0.3) is 0 Å². The molecule has 1 N–H and O–H groups in total. The number of morpholine rings is 1. The van der Waals surface area contributed by atoms with Crippen LogP contribution in [0.1, 0.15) is 34.6 Å². The van der Waals surface area contributed by atoms with E-state index in [1.54, 1.807) is 0 Å². The molecule has 0 radical (unpaired) electrons. The Labute approximate surface area is 116 Å². The first-order valence-electron chi connectivity index (χ1n) is 6.92. The molecule has 1 aliphatic rings. The normalized spacial score (nSPS) is 20.2. The van der Waals surface area contributed by atoms with Crippen molar-refractivity contribution < 1.29 is 4.74 Å². The molecule has 0 saturated carbocycles. The number of nitrogens with one attached hydrogen (secondary N) is 1. The lowest BCUT2D eigenvalue weighted by molar-refractivity contribution is 0.0208. The molecule has 0 aromatic heterocycles. The molecule has 108 valence electrons. The van der Waals surface area contributed by atoms with Crippen LogP contribution in [-0.2, 0) is 4.74 Å². The Kier molecular flexibility index (Phi) is 5.77. The van der Waals surface area contributed by atoms with Crippen molar-refractivity contribution in [3.05, 3.63) is 0 Å². The Bertz CT molecular complexity index is 345. The van der Waals surface area contributed by atoms with Crippen LogP contribution >= 0.6 is 0 Å². The maximum Gasteiger partial charge on any atom is 0.182 e. The van der Waals surface area contributed by atoms with Crippen LogP contribution in [0.25, 0.3) is 0 Å². The highest BCUT2D eigenvalue weighted by Crippen LogP contribution is 2.17. The molecule has 0 aliphatic carbocycles. The number of rotatable bonds is 3. The molecule has 5 heteroatoms. The fraction of sp³-hybridized carbons (Fsp3) is 0.857. The molecule has 1 aliphatic heterocycles. The standard InChI is InChI=1S/C14H26N4O/c1-11(2)12(18-6-8-19-9-7-18)13(16-10-15)17-14(3,4)5/h11-12H,6-9H2,1-5H3,(H,16,17). The van der Waals surface area contributed by atoms with Crippen molar-refractivity contribution in [1.29, 1.82) is 5.26 Å². The van der Waals surface area contributed by atoms with Gasteiger partial charge >= 0.3 is 0 Å². The van der Waals surface area contributed by atoms with E-state index in [1.807, 2.05) is 27.0 Å². The molecule has 0 spiro atoms. The highest BCUT2D eigenvalue weighted by Gasteiger charge is 2.29. The Balaban J connectivity index is 2.98. The average molecular weight is 266 g/mol. The number of ether oxygens (including phenoxy) is 1. The fourth-order valence-electron chi connectivity index (χ4n) is 2.35. The zero-order valence-corrected chi connectivity index (χ0v) is 12.7. The van der Waals surface area contributed by atoms with Crippen molar-refractivity contribution in [2.75, 3.05) is 26.3 Å². The summed E-state index contributed by atoms with van der Waals surface area (Å²) >= 11 is 0. The average Bonchev–Trinajstić information content (AvgIpc) is 2.28. The smallest absolute Gasteiger partial charge is 0.182 e. The minimum absolute atomic E-state index is 0.141. The van der Waals surface area contributed by atoms with Crippen LogP contribution in [-0.4, -0.2) is 48.6 Å². The molecule has 0 amide bonds. The lowest BCUT2D eigenvalue weighted by atomic mass is 9.99. The van der Waals surface area contributed by atoms with E-state index in [4.69, 9.17) is 15.0 Å². The van der Waals surface area contributed by atoms with Gasteiger partial charge < -0.3 is 4.74 Å². The van der Waals surface area contributed by atoms with Crippen molar-refractivity contribution in [3.63, 3.8) is 0 Å². The van der Waals surface area contributed by atoms with Gasteiger partial charge in [-0.05, 0) is 26.7 Å². The third-order valence-electron chi connectivity index (χ3n) is 2.99. The third kappa shape index (κ3) is 5.17. The fourth-order valence-corrected chi connectivity index (χ4v) is 2.35. The summed E-state index contributed by atoms with van der Waals surface area (Å²) in [6.45, 7) is 13.7. The first-order chi connectivity index (χ1) is 8.85. The van der Waals surface area contributed by atoms with Crippen molar-refractivity contribution in [2.24, 2.45) is 10.9 Å². The van der Waals surface area contributed by atoms with Gasteiger partial charge in [0.05, 0.1) is 24.8 Å². The molecule has 1 heterocycles. The SMILES string of the molecule is CC(C)C(C(=NC(C)(C)C)NC#N)N1CCOCC1. The van der Waals surface area contributed by atoms with Crippen LogP contribution in [0, 0.1) is 17.4 Å². The van der Waals surface area contributed by atoms with Crippen molar-refractivity contribution in [3.8, 4) is 6.19 Å². The molecule has 1 rings (SSSR count). The van der Waals surface area contributed by atoms with E-state index in [9.17, 15) is 0 Å². The number of hydrogen-bond acceptors (Lipinski definition) is 4. The molecule has 0 aromatic rings. The summed E-state index contributed by atoms with van der Waals surface area (Å²) in [7, 11) is 0. The van der Waals surface area contributed by atoms with E-state index in [1.165, 1.54) is 0 Å². The Hall–Kier alpha value is -1.12. The Morgan fingerprint density at radius 3 is 2.32 bits per heavy atom. The third-order valence-corrected chi connectivity index (χ3v) is 2.99. The monoisotopic (exact) mass is 266 g/mol. The van der Waals surface area contributed by atoms with Gasteiger partial charge in [0, 0.05) is 13.1 Å². The van der Waals surface area contributed by atoms with Crippen molar-refractivity contribution in [2.45, 2.75) is 46.2 Å². The van der Waals surface area contributed by atoms with E-state index < -0.39 is 0 Å². The summed E-state index contributed by atoms with van der Waals surface area (Å²) in [5.74, 6) is 1.16. The summed E-state index contributed by atoms with van der Waals surface area (Å²) in [5, 5.41) is 11.8. The second-order valence-corrected chi connectivity index (χ2v) is 6.24. The Morgan fingerprint density at radius 1 is 1.32 bits per heavy atom. The van der Waals surface area contributed by atoms with Gasteiger partial charge in [-0.2, -0.15) is 5.26 Å². The van der Waals surface area contributed by atoms with E-state index in [0.29, 0.717) is 5.92 Å². The number of nitrogens with zero attached hydrogens (tertiary/aromatic N) is 3. The maximum atomic E-state index is 8.98. The van der Waals surface area contributed by atoms with Crippen LogP contribution in [0.5, 0.6) is 0 Å². The van der Waals surface area contributed by atoms with Gasteiger partial charge in [-0.1, -0.05) is 13.8 Å². The second-order valence-electron chi connectivity index (χ2n) is 6.24. The molecule has 1 saturated heterocycles. The predicted octanol–water partition coefficient (Wildman–Crippen LogP) is 1.61. The van der Waals surface area contributed by atoms with Crippen molar-refractivity contribution >= 4 is 5.84 Å². The zero-order chi connectivity index (χ0) is 14.5. The topological polar surface area (TPSA) is 60.7 Å². The lowest BCUT2D eigenvalue weighted by Crippen LogP contribution is -2.53. The number of amidine groups is 1. The summed E-state index contributed by atoms with van der Waals surface area (Å²) in [6, 6.07) is 0.141. The number of hydrogen-bond donors (Lipinski definition) is 1. The van der Waals surface area contributed by atoms with Gasteiger partial charge in [-0.3, -0.25) is 15.2 Å². The van der Waals surface area contributed by atoms with Gasteiger partial charge in [0.1, 0.15) is 5.84 Å². The molecule has 0 bridgehead atoms. The van der Waals surface area contributed by atoms with Crippen LogP contribution < -0.4 is 5.32 Å². The summed E-state index contributed by atoms with van der Waals surface area (Å²) < 4.78 is 5.40. The van der Waals surface area contributed by atoms with Crippen LogP contribution in [0.2, 0.25) is 0 Å². The predicted molar refractivity (Wildman–Crippen MR) is 77.0 cm³/mol. The molecule has 1 unspecified atom stereocenters. The van der Waals surface area contributed by atoms with E-state index in [2.05, 4.69) is 24.1 Å².